The van der Waals surface area contributed by atoms with Crippen LogP contribution in [0.15, 0.2) is 0 Å². The van der Waals surface area contributed by atoms with Crippen molar-refractivity contribution in [3.8, 4) is 0 Å². The first-order valence-electron chi connectivity index (χ1n) is 4.35. The van der Waals surface area contributed by atoms with Crippen molar-refractivity contribution in [2.75, 3.05) is 0 Å². The molecule has 1 fully saturated rings. The smallest absolute Gasteiger partial charge is 0.0601 e. The third-order valence-corrected chi connectivity index (χ3v) is 2.25. The molecule has 1 heteroatoms. The molecule has 0 aromatic heterocycles. The largest absolute Gasteiger partial charge is 0.375 e. The van der Waals surface area contributed by atoms with Crippen molar-refractivity contribution in [1.82, 2.24) is 0 Å². The van der Waals surface area contributed by atoms with Crippen LogP contribution in [0.5, 0.6) is 0 Å². The van der Waals surface area contributed by atoms with E-state index in [1.54, 1.807) is 0 Å². The summed E-state index contributed by atoms with van der Waals surface area (Å²) in [6, 6.07) is 0. The Morgan fingerprint density at radius 3 is 2.40 bits per heavy atom. The van der Waals surface area contributed by atoms with E-state index in [9.17, 15) is 0 Å². The molecule has 0 aromatic carbocycles. The minimum absolute atomic E-state index is 0.501. The normalized spacial score (nSPS) is 34.8. The van der Waals surface area contributed by atoms with Gasteiger partial charge in [-0.3, -0.25) is 0 Å². The Morgan fingerprint density at radius 1 is 1.30 bits per heavy atom. The predicted molar refractivity (Wildman–Crippen MR) is 43.0 cm³/mol. The van der Waals surface area contributed by atoms with Crippen molar-refractivity contribution in [3.05, 3.63) is 0 Å². The average Bonchev–Trinajstić information content (AvgIpc) is 1.88. The molecule has 0 amide bonds. The first kappa shape index (κ1) is 8.06. The van der Waals surface area contributed by atoms with Crippen LogP contribution in [0.4, 0.5) is 0 Å². The van der Waals surface area contributed by atoms with Crippen LogP contribution in [0.2, 0.25) is 0 Å². The summed E-state index contributed by atoms with van der Waals surface area (Å²) in [6.45, 7) is 6.65. The van der Waals surface area contributed by atoms with Gasteiger partial charge in [0.1, 0.15) is 0 Å². The van der Waals surface area contributed by atoms with Crippen LogP contribution in [-0.2, 0) is 4.74 Å². The van der Waals surface area contributed by atoms with Crippen molar-refractivity contribution in [1.29, 1.82) is 0 Å². The summed E-state index contributed by atoms with van der Waals surface area (Å²) < 4.78 is 5.75. The molecule has 1 nitrogen and oxygen atoms in total. The van der Waals surface area contributed by atoms with Crippen LogP contribution >= 0.6 is 0 Å². The van der Waals surface area contributed by atoms with Gasteiger partial charge >= 0.3 is 0 Å². The molecule has 1 saturated heterocycles. The van der Waals surface area contributed by atoms with Gasteiger partial charge in [0.05, 0.1) is 12.2 Å². The number of hydrogen-bond donors (Lipinski definition) is 0. The van der Waals surface area contributed by atoms with Gasteiger partial charge in [-0.05, 0) is 32.1 Å². The fraction of sp³-hybridized carbons (Fsp3) is 1.00. The van der Waals surface area contributed by atoms with Crippen molar-refractivity contribution in [2.24, 2.45) is 5.92 Å². The van der Waals surface area contributed by atoms with Crippen LogP contribution in [0.25, 0.3) is 0 Å². The van der Waals surface area contributed by atoms with E-state index >= 15 is 0 Å². The third kappa shape index (κ3) is 1.98. The minimum Gasteiger partial charge on any atom is -0.375 e. The van der Waals surface area contributed by atoms with Crippen molar-refractivity contribution < 1.29 is 4.74 Å². The molecule has 2 atom stereocenters. The Kier molecular flexibility index (Phi) is 2.72. The quantitative estimate of drug-likeness (QED) is 0.547. The molecule has 1 heterocycles. The summed E-state index contributed by atoms with van der Waals surface area (Å²) in [7, 11) is 0. The topological polar surface area (TPSA) is 9.23 Å². The first-order chi connectivity index (χ1) is 4.70. The molecule has 0 aliphatic carbocycles. The molecule has 0 N–H and O–H groups in total. The zero-order valence-electron chi connectivity index (χ0n) is 7.26. The van der Waals surface area contributed by atoms with E-state index in [0.717, 1.165) is 0 Å². The lowest BCUT2D eigenvalue weighted by Gasteiger charge is -2.30. The van der Waals surface area contributed by atoms with Gasteiger partial charge in [-0.2, -0.15) is 0 Å². The summed E-state index contributed by atoms with van der Waals surface area (Å²) >= 11 is 0. The van der Waals surface area contributed by atoms with Crippen molar-refractivity contribution in [2.45, 2.75) is 52.2 Å². The maximum absolute atomic E-state index is 5.75. The molecule has 0 spiro atoms. The number of ether oxygens (including phenoxy) is 1. The Labute approximate surface area is 63.8 Å². The Hall–Kier alpha value is -0.0400. The standard InChI is InChI=1S/C9H18O/c1-7(2)9-6-4-5-8(3)10-9/h7-9H,4-6H2,1-3H3/t8-,9?/m0/s1. The maximum atomic E-state index is 5.75. The van der Waals surface area contributed by atoms with Gasteiger partial charge in [-0.15, -0.1) is 0 Å². The van der Waals surface area contributed by atoms with E-state index in [-0.39, 0.29) is 0 Å². The van der Waals surface area contributed by atoms with Crippen molar-refractivity contribution in [3.63, 3.8) is 0 Å². The summed E-state index contributed by atoms with van der Waals surface area (Å²) in [5, 5.41) is 0. The molecular weight excluding hydrogens is 124 g/mol. The molecule has 10 heavy (non-hydrogen) atoms. The second-order valence-corrected chi connectivity index (χ2v) is 3.66. The Bertz CT molecular complexity index is 98.9. The van der Waals surface area contributed by atoms with Crippen LogP contribution < -0.4 is 0 Å². The van der Waals surface area contributed by atoms with E-state index in [2.05, 4.69) is 20.8 Å². The van der Waals surface area contributed by atoms with Gasteiger partial charge in [0.15, 0.2) is 0 Å². The molecule has 0 saturated carbocycles. The highest BCUT2D eigenvalue weighted by atomic mass is 16.5. The average molecular weight is 142 g/mol. The molecule has 1 unspecified atom stereocenters. The summed E-state index contributed by atoms with van der Waals surface area (Å²) in [5.74, 6) is 0.697. The highest BCUT2D eigenvalue weighted by Crippen LogP contribution is 2.23. The number of rotatable bonds is 1. The monoisotopic (exact) mass is 142 g/mol. The second kappa shape index (κ2) is 3.38. The van der Waals surface area contributed by atoms with E-state index < -0.39 is 0 Å². The van der Waals surface area contributed by atoms with Gasteiger partial charge in [0.25, 0.3) is 0 Å². The molecule has 0 aromatic rings. The predicted octanol–water partition coefficient (Wildman–Crippen LogP) is 2.60. The van der Waals surface area contributed by atoms with Crippen molar-refractivity contribution >= 4 is 0 Å². The fourth-order valence-electron chi connectivity index (χ4n) is 1.53. The molecular formula is C9H18O. The van der Waals surface area contributed by atoms with Gasteiger partial charge in [0.2, 0.25) is 0 Å². The number of hydrogen-bond acceptors (Lipinski definition) is 1. The zero-order chi connectivity index (χ0) is 7.56. The van der Waals surface area contributed by atoms with Crippen LogP contribution in [-0.4, -0.2) is 12.2 Å². The van der Waals surface area contributed by atoms with E-state index in [4.69, 9.17) is 4.74 Å². The lowest BCUT2D eigenvalue weighted by Crippen LogP contribution is -2.29. The maximum Gasteiger partial charge on any atom is 0.0601 e. The first-order valence-corrected chi connectivity index (χ1v) is 4.35. The lowest BCUT2D eigenvalue weighted by atomic mass is 9.97. The zero-order valence-corrected chi connectivity index (χ0v) is 7.26. The molecule has 0 bridgehead atoms. The second-order valence-electron chi connectivity index (χ2n) is 3.66. The molecule has 1 aliphatic rings. The lowest BCUT2D eigenvalue weighted by molar-refractivity contribution is -0.0616. The van der Waals surface area contributed by atoms with Gasteiger partial charge in [0, 0.05) is 0 Å². The SMILES string of the molecule is CC(C)C1CCC[C@H](C)O1. The van der Waals surface area contributed by atoms with E-state index in [1.165, 1.54) is 19.3 Å². The highest BCUT2D eigenvalue weighted by molar-refractivity contribution is 4.70. The molecule has 1 aliphatic heterocycles. The highest BCUT2D eigenvalue weighted by Gasteiger charge is 2.21. The fourth-order valence-corrected chi connectivity index (χ4v) is 1.53. The van der Waals surface area contributed by atoms with Crippen LogP contribution in [0.3, 0.4) is 0 Å². The third-order valence-electron chi connectivity index (χ3n) is 2.25. The molecule has 0 radical (unpaired) electrons. The summed E-state index contributed by atoms with van der Waals surface area (Å²) in [5.41, 5.74) is 0. The van der Waals surface area contributed by atoms with Crippen LogP contribution in [0, 0.1) is 5.92 Å². The van der Waals surface area contributed by atoms with Gasteiger partial charge in [-0.1, -0.05) is 13.8 Å². The Balaban J connectivity index is 2.32. The van der Waals surface area contributed by atoms with Crippen LogP contribution in [0.1, 0.15) is 40.0 Å². The van der Waals surface area contributed by atoms with Gasteiger partial charge < -0.3 is 4.74 Å². The Morgan fingerprint density at radius 2 is 2.00 bits per heavy atom. The van der Waals surface area contributed by atoms with E-state index in [0.29, 0.717) is 18.1 Å². The molecule has 1 rings (SSSR count). The van der Waals surface area contributed by atoms with E-state index in [1.807, 2.05) is 0 Å². The summed E-state index contributed by atoms with van der Waals surface area (Å²) in [6.07, 6.45) is 4.90. The van der Waals surface area contributed by atoms with Gasteiger partial charge in [-0.25, -0.2) is 0 Å². The summed E-state index contributed by atoms with van der Waals surface area (Å²) in [4.78, 5) is 0. The minimum atomic E-state index is 0.501. The molecule has 60 valence electrons.